The summed E-state index contributed by atoms with van der Waals surface area (Å²) in [6.45, 7) is 0. The number of pyridine rings is 1. The van der Waals surface area contributed by atoms with E-state index in [-0.39, 0.29) is 16.7 Å². The molecule has 0 saturated heterocycles. The van der Waals surface area contributed by atoms with Crippen LogP contribution in [0.15, 0.2) is 41.0 Å². The molecular formula is C12H8BrFN2OS. The van der Waals surface area contributed by atoms with E-state index in [0.29, 0.717) is 15.8 Å². The Hall–Kier alpha value is -1.53. The molecule has 0 amide bonds. The zero-order chi connectivity index (χ0) is 13.1. The van der Waals surface area contributed by atoms with Crippen molar-refractivity contribution in [2.75, 3.05) is 0 Å². The molecule has 0 radical (unpaired) electrons. The van der Waals surface area contributed by atoms with Gasteiger partial charge in [-0.3, -0.25) is 0 Å². The fourth-order valence-corrected chi connectivity index (χ4v) is 1.91. The normalized spacial score (nSPS) is 10.1. The van der Waals surface area contributed by atoms with Crippen molar-refractivity contribution in [2.24, 2.45) is 5.73 Å². The smallest absolute Gasteiger partial charge is 0.229 e. The number of hydrogen-bond donors (Lipinski definition) is 1. The minimum atomic E-state index is -0.357. The number of hydrogen-bond acceptors (Lipinski definition) is 3. The second-order valence-corrected chi connectivity index (χ2v) is 4.69. The molecule has 6 heteroatoms. The average molecular weight is 327 g/mol. The van der Waals surface area contributed by atoms with Gasteiger partial charge in [0, 0.05) is 6.20 Å². The van der Waals surface area contributed by atoms with Crippen molar-refractivity contribution in [1.82, 2.24) is 4.98 Å². The Kier molecular flexibility index (Phi) is 3.88. The third-order valence-corrected chi connectivity index (χ3v) is 2.98. The van der Waals surface area contributed by atoms with Gasteiger partial charge in [0.1, 0.15) is 16.6 Å². The molecule has 0 aliphatic carbocycles. The fourth-order valence-electron chi connectivity index (χ4n) is 1.32. The maximum atomic E-state index is 13.0. The summed E-state index contributed by atoms with van der Waals surface area (Å²) in [5, 5.41) is 0. The summed E-state index contributed by atoms with van der Waals surface area (Å²) in [7, 11) is 0. The Morgan fingerprint density at radius 2 is 2.17 bits per heavy atom. The molecule has 2 N–H and O–H groups in total. The van der Waals surface area contributed by atoms with Gasteiger partial charge in [-0.05, 0) is 46.3 Å². The quantitative estimate of drug-likeness (QED) is 0.878. The first-order valence-corrected chi connectivity index (χ1v) is 6.16. The van der Waals surface area contributed by atoms with Crippen LogP contribution in [-0.2, 0) is 0 Å². The number of halogens is 2. The van der Waals surface area contributed by atoms with Gasteiger partial charge in [0.15, 0.2) is 0 Å². The van der Waals surface area contributed by atoms with Crippen LogP contribution in [0.2, 0.25) is 0 Å². The molecule has 0 saturated carbocycles. The molecule has 92 valence electrons. The van der Waals surface area contributed by atoms with Crippen molar-refractivity contribution >= 4 is 33.1 Å². The maximum absolute atomic E-state index is 13.0. The van der Waals surface area contributed by atoms with Gasteiger partial charge in [-0.25, -0.2) is 9.37 Å². The fraction of sp³-hybridized carbons (Fsp3) is 0. The van der Waals surface area contributed by atoms with Crippen LogP contribution in [0.5, 0.6) is 11.6 Å². The monoisotopic (exact) mass is 326 g/mol. The molecule has 0 aliphatic rings. The van der Waals surface area contributed by atoms with Crippen molar-refractivity contribution in [3.05, 3.63) is 52.4 Å². The van der Waals surface area contributed by atoms with Gasteiger partial charge in [-0.15, -0.1) is 0 Å². The van der Waals surface area contributed by atoms with E-state index in [1.807, 2.05) is 0 Å². The van der Waals surface area contributed by atoms with E-state index in [1.165, 1.54) is 18.2 Å². The maximum Gasteiger partial charge on any atom is 0.229 e. The molecule has 18 heavy (non-hydrogen) atoms. The molecule has 1 aromatic carbocycles. The molecule has 0 spiro atoms. The van der Waals surface area contributed by atoms with Crippen molar-refractivity contribution in [3.63, 3.8) is 0 Å². The molecule has 1 heterocycles. The first kappa shape index (κ1) is 12.9. The number of aromatic nitrogens is 1. The summed E-state index contributed by atoms with van der Waals surface area (Å²) in [5.41, 5.74) is 6.10. The van der Waals surface area contributed by atoms with E-state index < -0.39 is 0 Å². The minimum Gasteiger partial charge on any atom is -0.437 e. The Morgan fingerprint density at radius 3 is 2.83 bits per heavy atom. The highest BCUT2D eigenvalue weighted by Gasteiger charge is 2.10. The molecule has 0 aliphatic heterocycles. The number of benzene rings is 1. The predicted octanol–water partition coefficient (Wildman–Crippen LogP) is 3.41. The van der Waals surface area contributed by atoms with Crippen LogP contribution in [0.25, 0.3) is 0 Å². The zero-order valence-electron chi connectivity index (χ0n) is 9.06. The predicted molar refractivity (Wildman–Crippen MR) is 74.3 cm³/mol. The van der Waals surface area contributed by atoms with E-state index >= 15 is 0 Å². The van der Waals surface area contributed by atoms with Gasteiger partial charge < -0.3 is 10.5 Å². The Bertz CT molecular complexity index is 606. The standard InChI is InChI=1S/C12H8BrFN2OS/c13-9-6-7(14)3-4-10(9)17-12-8(11(15)18)2-1-5-16-12/h1-6H,(H2,15,18). The summed E-state index contributed by atoms with van der Waals surface area (Å²) in [5.74, 6) is 0.370. The van der Waals surface area contributed by atoms with Crippen LogP contribution in [0.4, 0.5) is 4.39 Å². The lowest BCUT2D eigenvalue weighted by atomic mass is 10.2. The second-order valence-electron chi connectivity index (χ2n) is 3.40. The van der Waals surface area contributed by atoms with E-state index in [2.05, 4.69) is 20.9 Å². The number of rotatable bonds is 3. The SMILES string of the molecule is NC(=S)c1cccnc1Oc1ccc(F)cc1Br. The topological polar surface area (TPSA) is 48.1 Å². The average Bonchev–Trinajstić information content (AvgIpc) is 2.33. The summed E-state index contributed by atoms with van der Waals surface area (Å²) >= 11 is 8.11. The third kappa shape index (κ3) is 2.83. The van der Waals surface area contributed by atoms with Gasteiger partial charge in [0.2, 0.25) is 5.88 Å². The summed E-state index contributed by atoms with van der Waals surface area (Å²) < 4.78 is 19.0. The molecule has 0 fully saturated rings. The lowest BCUT2D eigenvalue weighted by Crippen LogP contribution is -2.11. The van der Waals surface area contributed by atoms with Gasteiger partial charge in [0.25, 0.3) is 0 Å². The summed E-state index contributed by atoms with van der Waals surface area (Å²) in [6.07, 6.45) is 1.56. The molecular weight excluding hydrogens is 319 g/mol. The van der Waals surface area contributed by atoms with Gasteiger partial charge in [-0.1, -0.05) is 12.2 Å². The minimum absolute atomic E-state index is 0.191. The van der Waals surface area contributed by atoms with E-state index in [4.69, 9.17) is 22.7 Å². The van der Waals surface area contributed by atoms with Crippen LogP contribution in [-0.4, -0.2) is 9.97 Å². The van der Waals surface area contributed by atoms with Crippen LogP contribution < -0.4 is 10.5 Å². The van der Waals surface area contributed by atoms with Gasteiger partial charge >= 0.3 is 0 Å². The lowest BCUT2D eigenvalue weighted by Gasteiger charge is -2.10. The number of nitrogens with two attached hydrogens (primary N) is 1. The zero-order valence-corrected chi connectivity index (χ0v) is 11.5. The highest BCUT2D eigenvalue weighted by atomic mass is 79.9. The van der Waals surface area contributed by atoms with Crippen molar-refractivity contribution in [2.45, 2.75) is 0 Å². The molecule has 3 nitrogen and oxygen atoms in total. The van der Waals surface area contributed by atoms with E-state index in [9.17, 15) is 4.39 Å². The molecule has 2 rings (SSSR count). The van der Waals surface area contributed by atoms with Gasteiger partial charge in [-0.2, -0.15) is 0 Å². The van der Waals surface area contributed by atoms with E-state index in [0.717, 1.165) is 0 Å². The number of ether oxygens (including phenoxy) is 1. The number of thiocarbonyl (C=S) groups is 1. The molecule has 0 bridgehead atoms. The van der Waals surface area contributed by atoms with E-state index in [1.54, 1.807) is 18.3 Å². The van der Waals surface area contributed by atoms with Crippen molar-refractivity contribution < 1.29 is 9.13 Å². The Labute approximate surface area is 117 Å². The lowest BCUT2D eigenvalue weighted by molar-refractivity contribution is 0.457. The van der Waals surface area contributed by atoms with Gasteiger partial charge in [0.05, 0.1) is 10.0 Å². The number of nitrogens with zero attached hydrogens (tertiary/aromatic N) is 1. The van der Waals surface area contributed by atoms with Crippen molar-refractivity contribution in [3.8, 4) is 11.6 Å². The largest absolute Gasteiger partial charge is 0.437 e. The molecule has 0 atom stereocenters. The Morgan fingerprint density at radius 1 is 1.39 bits per heavy atom. The summed E-state index contributed by atoms with van der Waals surface area (Å²) in [4.78, 5) is 4.25. The second kappa shape index (κ2) is 5.41. The third-order valence-electron chi connectivity index (χ3n) is 2.14. The first-order valence-electron chi connectivity index (χ1n) is 4.95. The molecule has 1 aromatic heterocycles. The highest BCUT2D eigenvalue weighted by Crippen LogP contribution is 2.30. The molecule has 2 aromatic rings. The summed E-state index contributed by atoms with van der Waals surface area (Å²) in [6, 6.07) is 7.52. The first-order chi connectivity index (χ1) is 8.58. The van der Waals surface area contributed by atoms with Crippen LogP contribution >= 0.6 is 28.1 Å². The molecule has 0 unspecified atom stereocenters. The van der Waals surface area contributed by atoms with Crippen molar-refractivity contribution in [1.29, 1.82) is 0 Å². The van der Waals surface area contributed by atoms with Crippen LogP contribution in [0.3, 0.4) is 0 Å². The highest BCUT2D eigenvalue weighted by molar-refractivity contribution is 9.10. The Balaban J connectivity index is 2.37. The van der Waals surface area contributed by atoms with Crippen LogP contribution in [0, 0.1) is 5.82 Å². The van der Waals surface area contributed by atoms with Crippen LogP contribution in [0.1, 0.15) is 5.56 Å².